The zero-order chi connectivity index (χ0) is 20.0. The highest BCUT2D eigenvalue weighted by molar-refractivity contribution is 7.22. The molecule has 2 aliphatic rings. The summed E-state index contributed by atoms with van der Waals surface area (Å²) in [6.07, 6.45) is 3.40. The first-order valence-electron chi connectivity index (χ1n) is 8.94. The summed E-state index contributed by atoms with van der Waals surface area (Å²) in [5, 5.41) is 9.61. The van der Waals surface area contributed by atoms with Crippen molar-refractivity contribution in [3.63, 3.8) is 0 Å². The fourth-order valence-corrected chi connectivity index (χ4v) is 4.66. The van der Waals surface area contributed by atoms with Gasteiger partial charge in [-0.15, -0.1) is 11.3 Å². The Kier molecular flexibility index (Phi) is 4.74. The second kappa shape index (κ2) is 7.41. The Labute approximate surface area is 182 Å². The number of amidine groups is 1. The average molecular weight is 442 g/mol. The molecular formula is C20H14BCl2N3O2S. The van der Waals surface area contributed by atoms with Gasteiger partial charge in [0.2, 0.25) is 0 Å². The summed E-state index contributed by atoms with van der Waals surface area (Å²) in [5.41, 5.74) is 2.62. The second-order valence-electron chi connectivity index (χ2n) is 6.67. The van der Waals surface area contributed by atoms with Crippen molar-refractivity contribution in [2.24, 2.45) is 5.16 Å². The number of benzene rings is 2. The van der Waals surface area contributed by atoms with Crippen molar-refractivity contribution in [2.45, 2.75) is 13.0 Å². The van der Waals surface area contributed by atoms with Crippen molar-refractivity contribution in [3.8, 4) is 5.75 Å². The molecular weight excluding hydrogens is 428 g/mol. The highest BCUT2D eigenvalue weighted by atomic mass is 35.5. The molecule has 5 rings (SSSR count). The Bertz CT molecular complexity index is 1150. The molecule has 0 saturated heterocycles. The van der Waals surface area contributed by atoms with E-state index in [-0.39, 0.29) is 13.2 Å². The standard InChI is InChI=1S/C20H14BCl2N3O2S/c1-11-24-10-17(29-11)21-25-20(26-28-21)15-8-13-7-14(22)9-16(23)19(13)27-18(15)12-5-3-2-4-6-12/h2-10,18H,1H3,(H,25,26). The first kappa shape index (κ1) is 18.5. The largest absolute Gasteiger partial charge is 0.555 e. The van der Waals surface area contributed by atoms with E-state index in [0.29, 0.717) is 21.6 Å². The number of halogens is 2. The quantitative estimate of drug-likeness (QED) is 0.603. The fraction of sp³-hybridized carbons (Fsp3) is 0.100. The van der Waals surface area contributed by atoms with Crippen LogP contribution >= 0.6 is 34.5 Å². The van der Waals surface area contributed by atoms with E-state index in [2.05, 4.69) is 15.4 Å². The molecule has 1 unspecified atom stereocenters. The van der Waals surface area contributed by atoms with Gasteiger partial charge in [-0.05, 0) is 30.7 Å². The lowest BCUT2D eigenvalue weighted by atomic mass is 9.81. The predicted octanol–water partition coefficient (Wildman–Crippen LogP) is 4.60. The Morgan fingerprint density at radius 3 is 2.76 bits per heavy atom. The van der Waals surface area contributed by atoms with Gasteiger partial charge >= 0.3 is 7.05 Å². The number of nitrogens with one attached hydrogen (secondary N) is 1. The lowest BCUT2D eigenvalue weighted by Crippen LogP contribution is -2.44. The van der Waals surface area contributed by atoms with E-state index >= 15 is 0 Å². The van der Waals surface area contributed by atoms with Gasteiger partial charge in [-0.1, -0.05) is 58.7 Å². The fourth-order valence-electron chi connectivity index (χ4n) is 3.34. The van der Waals surface area contributed by atoms with Gasteiger partial charge in [-0.3, -0.25) is 4.98 Å². The number of rotatable bonds is 3. The van der Waals surface area contributed by atoms with E-state index in [1.54, 1.807) is 23.6 Å². The summed E-state index contributed by atoms with van der Waals surface area (Å²) in [5.74, 6) is 1.21. The number of hydrogen-bond donors (Lipinski definition) is 1. The number of aryl methyl sites for hydroxylation is 1. The highest BCUT2D eigenvalue weighted by Crippen LogP contribution is 2.43. The zero-order valence-electron chi connectivity index (χ0n) is 15.2. The molecule has 1 N–H and O–H groups in total. The third kappa shape index (κ3) is 3.50. The minimum absolute atomic E-state index is 0.377. The van der Waals surface area contributed by atoms with Crippen LogP contribution in [0, 0.1) is 6.92 Å². The Morgan fingerprint density at radius 1 is 1.17 bits per heavy atom. The molecule has 1 aromatic heterocycles. The van der Waals surface area contributed by atoms with Crippen molar-refractivity contribution in [1.29, 1.82) is 0 Å². The second-order valence-corrected chi connectivity index (χ2v) is 8.78. The Balaban J connectivity index is 1.55. The lowest BCUT2D eigenvalue weighted by Gasteiger charge is -2.28. The first-order valence-corrected chi connectivity index (χ1v) is 10.5. The molecule has 0 fully saturated rings. The van der Waals surface area contributed by atoms with Crippen molar-refractivity contribution in [2.75, 3.05) is 0 Å². The zero-order valence-corrected chi connectivity index (χ0v) is 17.6. The molecule has 0 aliphatic carbocycles. The summed E-state index contributed by atoms with van der Waals surface area (Å²) in [4.78, 5) is 4.29. The number of ether oxygens (including phenoxy) is 1. The minimum Gasteiger partial charge on any atom is -0.479 e. The number of hydrogen-bond acceptors (Lipinski definition) is 6. The van der Waals surface area contributed by atoms with Crippen LogP contribution in [0.5, 0.6) is 5.75 Å². The molecule has 5 nitrogen and oxygen atoms in total. The number of fused-ring (bicyclic) bond motifs is 1. The van der Waals surface area contributed by atoms with Gasteiger partial charge in [0.05, 0.1) is 14.8 Å². The van der Waals surface area contributed by atoms with Crippen molar-refractivity contribution < 1.29 is 9.49 Å². The van der Waals surface area contributed by atoms with Gasteiger partial charge in [-0.25, -0.2) is 0 Å². The first-order chi connectivity index (χ1) is 14.1. The molecule has 0 bridgehead atoms. The van der Waals surface area contributed by atoms with Gasteiger partial charge in [0.1, 0.15) is 5.75 Å². The number of aromatic nitrogens is 1. The van der Waals surface area contributed by atoms with Crippen LogP contribution in [0.1, 0.15) is 22.2 Å². The van der Waals surface area contributed by atoms with E-state index in [1.165, 1.54) is 0 Å². The van der Waals surface area contributed by atoms with E-state index < -0.39 is 0 Å². The smallest absolute Gasteiger partial charge is 0.479 e. The van der Waals surface area contributed by atoms with E-state index in [1.807, 2.05) is 49.4 Å². The molecule has 144 valence electrons. The molecule has 3 aromatic rings. The van der Waals surface area contributed by atoms with Crippen LogP contribution in [0.15, 0.2) is 59.4 Å². The summed E-state index contributed by atoms with van der Waals surface area (Å²) in [7, 11) is -0.377. The minimum atomic E-state index is -0.390. The van der Waals surface area contributed by atoms with Crippen LogP contribution in [0.2, 0.25) is 10.0 Å². The lowest BCUT2D eigenvalue weighted by molar-refractivity contribution is 0.244. The molecule has 29 heavy (non-hydrogen) atoms. The number of nitrogens with zero attached hydrogens (tertiary/aromatic N) is 2. The molecule has 0 spiro atoms. The van der Waals surface area contributed by atoms with Crippen LogP contribution in [-0.4, -0.2) is 17.9 Å². The van der Waals surface area contributed by atoms with E-state index in [4.69, 9.17) is 32.7 Å². The highest BCUT2D eigenvalue weighted by Gasteiger charge is 2.37. The predicted molar refractivity (Wildman–Crippen MR) is 118 cm³/mol. The topological polar surface area (TPSA) is 55.7 Å². The molecule has 0 saturated carbocycles. The molecule has 0 amide bonds. The van der Waals surface area contributed by atoms with Crippen molar-refractivity contribution in [3.05, 3.63) is 80.4 Å². The summed E-state index contributed by atoms with van der Waals surface area (Å²) in [6.45, 7) is 1.96. The monoisotopic (exact) mass is 441 g/mol. The van der Waals surface area contributed by atoms with Crippen LogP contribution in [0.4, 0.5) is 0 Å². The maximum atomic E-state index is 6.40. The van der Waals surface area contributed by atoms with Crippen LogP contribution < -0.4 is 14.7 Å². The van der Waals surface area contributed by atoms with E-state index in [9.17, 15) is 0 Å². The molecule has 9 heteroatoms. The SMILES string of the molecule is Cc1ncc(B2NC(C3=Cc4cc(Cl)cc(Cl)c4OC3c3ccccc3)=NO2)s1. The Hall–Kier alpha value is -2.48. The molecule has 0 radical (unpaired) electrons. The molecule has 2 aromatic carbocycles. The molecule has 3 heterocycles. The van der Waals surface area contributed by atoms with Gasteiger partial charge in [-0.2, -0.15) is 0 Å². The Morgan fingerprint density at radius 2 is 2.00 bits per heavy atom. The third-order valence-electron chi connectivity index (χ3n) is 4.66. The van der Waals surface area contributed by atoms with Crippen LogP contribution in [0.25, 0.3) is 6.08 Å². The average Bonchev–Trinajstić information content (AvgIpc) is 3.37. The normalized spacial score (nSPS) is 17.6. The third-order valence-corrected chi connectivity index (χ3v) is 6.11. The van der Waals surface area contributed by atoms with Crippen LogP contribution in [0.3, 0.4) is 0 Å². The summed E-state index contributed by atoms with van der Waals surface area (Å²) < 4.78 is 12.9. The van der Waals surface area contributed by atoms with Crippen LogP contribution in [-0.2, 0) is 4.76 Å². The maximum absolute atomic E-state index is 6.40. The summed E-state index contributed by atoms with van der Waals surface area (Å²) in [6, 6.07) is 13.4. The number of thiazole rings is 1. The van der Waals surface area contributed by atoms with Gasteiger partial charge in [0.25, 0.3) is 0 Å². The molecule has 1 atom stereocenters. The maximum Gasteiger partial charge on any atom is 0.555 e. The number of oxime groups is 1. The molecule has 2 aliphatic heterocycles. The van der Waals surface area contributed by atoms with Crippen molar-refractivity contribution in [1.82, 2.24) is 10.2 Å². The van der Waals surface area contributed by atoms with E-state index in [0.717, 1.165) is 26.5 Å². The van der Waals surface area contributed by atoms with Gasteiger partial charge in [0.15, 0.2) is 11.9 Å². The van der Waals surface area contributed by atoms with Crippen molar-refractivity contribution >= 4 is 58.3 Å². The summed E-state index contributed by atoms with van der Waals surface area (Å²) >= 11 is 14.2. The van der Waals surface area contributed by atoms with Gasteiger partial charge < -0.3 is 14.7 Å². The van der Waals surface area contributed by atoms with Gasteiger partial charge in [0, 0.05) is 22.4 Å².